The Morgan fingerprint density at radius 3 is 2.88 bits per heavy atom. The van der Waals surface area contributed by atoms with Crippen LogP contribution < -0.4 is 25.4 Å². The molecule has 3 N–H and O–H groups in total. The molecule has 2 aliphatic heterocycles. The summed E-state index contributed by atoms with van der Waals surface area (Å²) in [6.45, 7) is 1.19. The number of nitrogen functional groups attached to an aromatic ring is 1. The number of halogens is 3. The predicted molar refractivity (Wildman–Crippen MR) is 153 cm³/mol. The molecule has 10 nitrogen and oxygen atoms in total. The van der Waals surface area contributed by atoms with Crippen LogP contribution in [0.4, 0.5) is 19.6 Å². The van der Waals surface area contributed by atoms with Gasteiger partial charge in [-0.25, -0.2) is 8.78 Å². The minimum Gasteiger partial charge on any atom is -0.489 e. The topological polar surface area (TPSA) is 130 Å². The first kappa shape index (κ1) is 27.2. The van der Waals surface area contributed by atoms with Crippen LogP contribution in [0.25, 0.3) is 32.1 Å². The van der Waals surface area contributed by atoms with Crippen LogP contribution in [-0.2, 0) is 4.79 Å². The minimum atomic E-state index is -0.835. The highest BCUT2D eigenvalue weighted by atomic mass is 35.5. The summed E-state index contributed by atoms with van der Waals surface area (Å²) in [5.41, 5.74) is 5.95. The molecule has 0 radical (unpaired) electrons. The van der Waals surface area contributed by atoms with E-state index in [2.05, 4.69) is 15.3 Å². The van der Waals surface area contributed by atoms with Gasteiger partial charge >= 0.3 is 6.01 Å². The summed E-state index contributed by atoms with van der Waals surface area (Å²) >= 11 is 7.76. The van der Waals surface area contributed by atoms with E-state index in [4.69, 9.17) is 26.8 Å². The van der Waals surface area contributed by atoms with Gasteiger partial charge in [-0.1, -0.05) is 17.7 Å². The van der Waals surface area contributed by atoms with Crippen molar-refractivity contribution in [3.8, 4) is 29.0 Å². The molecule has 1 atom stereocenters. The van der Waals surface area contributed by atoms with Crippen molar-refractivity contribution >= 4 is 60.7 Å². The highest BCUT2D eigenvalue weighted by Crippen LogP contribution is 2.50. The fourth-order valence-electron chi connectivity index (χ4n) is 5.26. The number of fused-ring (bicyclic) bond motifs is 2. The van der Waals surface area contributed by atoms with E-state index in [-0.39, 0.29) is 90.9 Å². The van der Waals surface area contributed by atoms with Gasteiger partial charge in [0, 0.05) is 30.5 Å². The van der Waals surface area contributed by atoms with Gasteiger partial charge in [0.15, 0.2) is 11.6 Å². The highest BCUT2D eigenvalue weighted by Gasteiger charge is 2.33. The first-order valence-electron chi connectivity index (χ1n) is 12.8. The lowest BCUT2D eigenvalue weighted by Crippen LogP contribution is -2.40. The van der Waals surface area contributed by atoms with Gasteiger partial charge in [-0.05, 0) is 25.7 Å². The van der Waals surface area contributed by atoms with Crippen molar-refractivity contribution < 1.29 is 23.0 Å². The zero-order valence-corrected chi connectivity index (χ0v) is 23.6. The Labute approximate surface area is 242 Å². The van der Waals surface area contributed by atoms with E-state index in [9.17, 15) is 14.4 Å². The second-order valence-corrected chi connectivity index (χ2v) is 11.5. The van der Waals surface area contributed by atoms with Gasteiger partial charge in [0.05, 0.1) is 33.8 Å². The fourth-order valence-corrected chi connectivity index (χ4v) is 6.54. The van der Waals surface area contributed by atoms with E-state index in [1.54, 1.807) is 4.90 Å². The molecule has 2 aliphatic rings. The lowest BCUT2D eigenvalue weighted by Gasteiger charge is -2.23. The summed E-state index contributed by atoms with van der Waals surface area (Å²) in [4.78, 5) is 25.5. The SMILES string of the molecule is CN(C)CC1CCNC(=O)CN2CCOc3c(Cl)c(-c4ccc(F)c5sc(N)c(C#N)c45)c(F)c4nc(nc2c34)O1. The van der Waals surface area contributed by atoms with E-state index in [1.165, 1.54) is 12.1 Å². The Hall–Kier alpha value is -3.99. The van der Waals surface area contributed by atoms with Crippen LogP contribution >= 0.6 is 22.9 Å². The minimum absolute atomic E-state index is 0.0244. The van der Waals surface area contributed by atoms with Crippen molar-refractivity contribution in [2.75, 3.05) is 57.5 Å². The number of hydrogen-bond donors (Lipinski definition) is 2. The number of aromatic nitrogens is 2. The third-order valence-electron chi connectivity index (χ3n) is 7.01. The van der Waals surface area contributed by atoms with Gasteiger partial charge in [-0.2, -0.15) is 15.2 Å². The van der Waals surface area contributed by atoms with Crippen molar-refractivity contribution in [2.24, 2.45) is 0 Å². The number of nitrogens with one attached hydrogen (secondary N) is 1. The molecule has 4 aromatic rings. The molecule has 2 aromatic heterocycles. The number of thiophene rings is 1. The number of ether oxygens (including phenoxy) is 2. The van der Waals surface area contributed by atoms with Crippen LogP contribution in [-0.4, -0.2) is 73.8 Å². The molecule has 212 valence electrons. The van der Waals surface area contributed by atoms with Crippen LogP contribution in [0.15, 0.2) is 12.1 Å². The largest absolute Gasteiger partial charge is 0.489 e. The third kappa shape index (κ3) is 4.61. The molecule has 0 saturated heterocycles. The van der Waals surface area contributed by atoms with Crippen LogP contribution in [0, 0.1) is 23.0 Å². The van der Waals surface area contributed by atoms with Crippen LogP contribution in [0.2, 0.25) is 5.02 Å². The molecule has 2 aromatic carbocycles. The Morgan fingerprint density at radius 1 is 1.32 bits per heavy atom. The molecule has 0 aliphatic carbocycles. The van der Waals surface area contributed by atoms with Crippen molar-refractivity contribution in [1.82, 2.24) is 20.2 Å². The summed E-state index contributed by atoms with van der Waals surface area (Å²) < 4.78 is 43.9. The quantitative estimate of drug-likeness (QED) is 0.360. The molecule has 6 rings (SSSR count). The Bertz CT molecular complexity index is 1770. The summed E-state index contributed by atoms with van der Waals surface area (Å²) in [5, 5.41) is 13.0. The van der Waals surface area contributed by atoms with E-state index >= 15 is 4.39 Å². The molecule has 0 fully saturated rings. The van der Waals surface area contributed by atoms with Crippen molar-refractivity contribution in [1.29, 1.82) is 5.26 Å². The maximum Gasteiger partial charge on any atom is 0.319 e. The van der Waals surface area contributed by atoms with E-state index < -0.39 is 17.7 Å². The molecular formula is C27H24ClF2N7O3S. The van der Waals surface area contributed by atoms with Crippen molar-refractivity contribution in [3.05, 3.63) is 34.4 Å². The number of nitriles is 1. The summed E-state index contributed by atoms with van der Waals surface area (Å²) in [5.74, 6) is -1.31. The number of hydrogen-bond acceptors (Lipinski definition) is 10. The van der Waals surface area contributed by atoms with Gasteiger partial charge in [-0.15, -0.1) is 11.3 Å². The predicted octanol–water partition coefficient (Wildman–Crippen LogP) is 3.92. The number of carbonyl (C=O) groups is 1. The third-order valence-corrected chi connectivity index (χ3v) is 8.40. The Morgan fingerprint density at radius 2 is 2.12 bits per heavy atom. The summed E-state index contributed by atoms with van der Waals surface area (Å²) in [6.07, 6.45) is 0.0782. The number of amides is 1. The average molecular weight is 600 g/mol. The molecule has 0 spiro atoms. The Balaban J connectivity index is 1.67. The van der Waals surface area contributed by atoms with Crippen molar-refractivity contribution in [2.45, 2.75) is 12.5 Å². The number of rotatable bonds is 3. The second kappa shape index (κ2) is 10.4. The second-order valence-electron chi connectivity index (χ2n) is 10.0. The standard InChI is InChI=1S/C27H24ClF2N7O3S/c1-36(2)10-12-5-6-33-16(38)11-37-7-8-39-23-19-22(34-27(40-12)35-26(19)37)21(30)18(20(23)28)13-3-4-15(29)24-17(13)14(9-31)25(32)41-24/h3-4,12H,5-8,10-11,32H2,1-2H3,(H,33,38). The smallest absolute Gasteiger partial charge is 0.319 e. The van der Waals surface area contributed by atoms with E-state index in [0.29, 0.717) is 19.5 Å². The van der Waals surface area contributed by atoms with Gasteiger partial charge < -0.3 is 30.3 Å². The molecule has 1 unspecified atom stereocenters. The monoisotopic (exact) mass is 599 g/mol. The highest BCUT2D eigenvalue weighted by molar-refractivity contribution is 7.23. The van der Waals surface area contributed by atoms with Gasteiger partial charge in [0.1, 0.15) is 40.9 Å². The van der Waals surface area contributed by atoms with Crippen molar-refractivity contribution in [3.63, 3.8) is 0 Å². The Kier molecular flexibility index (Phi) is 6.93. The maximum absolute atomic E-state index is 16.8. The lowest BCUT2D eigenvalue weighted by molar-refractivity contribution is -0.119. The number of nitrogens with two attached hydrogens (primary N) is 1. The molecule has 2 bridgehead atoms. The van der Waals surface area contributed by atoms with Gasteiger partial charge in [0.25, 0.3) is 0 Å². The number of likely N-dealkylation sites (N-methyl/N-ethyl adjacent to an activating group) is 1. The zero-order chi connectivity index (χ0) is 29.0. The van der Waals surface area contributed by atoms with E-state index in [0.717, 1.165) is 11.3 Å². The molecule has 0 saturated carbocycles. The molecule has 1 amide bonds. The molecule has 41 heavy (non-hydrogen) atoms. The first-order chi connectivity index (χ1) is 19.7. The number of anilines is 2. The molecule has 14 heteroatoms. The molecule has 4 heterocycles. The van der Waals surface area contributed by atoms with Crippen LogP contribution in [0.5, 0.6) is 11.8 Å². The van der Waals surface area contributed by atoms with Gasteiger partial charge in [0.2, 0.25) is 5.91 Å². The fraction of sp³-hybridized carbons (Fsp3) is 0.333. The van der Waals surface area contributed by atoms with Gasteiger partial charge in [-0.3, -0.25) is 4.79 Å². The molecular weight excluding hydrogens is 576 g/mol. The normalized spacial score (nSPS) is 17.1. The maximum atomic E-state index is 16.8. The lowest BCUT2D eigenvalue weighted by atomic mass is 9.96. The zero-order valence-electron chi connectivity index (χ0n) is 22.1. The number of benzene rings is 2. The number of carbonyl (C=O) groups excluding carboxylic acids is 1. The number of nitrogens with zero attached hydrogens (tertiary/aromatic N) is 5. The summed E-state index contributed by atoms with van der Waals surface area (Å²) in [7, 11) is 3.77. The first-order valence-corrected chi connectivity index (χ1v) is 14.0. The van der Waals surface area contributed by atoms with Crippen LogP contribution in [0.3, 0.4) is 0 Å². The van der Waals surface area contributed by atoms with Crippen LogP contribution in [0.1, 0.15) is 12.0 Å². The summed E-state index contributed by atoms with van der Waals surface area (Å²) in [6, 6.07) is 4.46. The average Bonchev–Trinajstić information content (AvgIpc) is 3.15. The van der Waals surface area contributed by atoms with E-state index in [1.807, 2.05) is 25.1 Å².